The molecule has 0 atom stereocenters. The lowest BCUT2D eigenvalue weighted by atomic mass is 10.1. The standard InChI is InChI=1S/C20H21F3N6O2/c1-12-25-16-11-29(10-15(16)18(26-12)27-5-2-6-27)19(30)31-14-8-28(9-14)17-4-3-13(7-24-17)20(21,22)23/h3-4,7,14H,2,5-6,8-11H2,1H3. The normalized spacial score (nSPS) is 18.5. The summed E-state index contributed by atoms with van der Waals surface area (Å²) in [7, 11) is 0. The lowest BCUT2D eigenvalue weighted by Crippen LogP contribution is -2.54. The molecule has 2 fully saturated rings. The van der Waals surface area contributed by atoms with Gasteiger partial charge in [-0.1, -0.05) is 0 Å². The Morgan fingerprint density at radius 3 is 2.52 bits per heavy atom. The minimum Gasteiger partial charge on any atom is -0.442 e. The Balaban J connectivity index is 1.17. The number of ether oxygens (including phenoxy) is 1. The number of rotatable bonds is 3. The van der Waals surface area contributed by atoms with Gasteiger partial charge in [0.05, 0.1) is 37.4 Å². The minimum absolute atomic E-state index is 0.331. The van der Waals surface area contributed by atoms with Crippen LogP contribution in [0.3, 0.4) is 0 Å². The second-order valence-electron chi connectivity index (χ2n) is 8.03. The zero-order chi connectivity index (χ0) is 21.8. The molecule has 2 aromatic rings. The van der Waals surface area contributed by atoms with Crippen LogP contribution in [0.15, 0.2) is 18.3 Å². The fraction of sp³-hybridized carbons (Fsp3) is 0.500. The van der Waals surface area contributed by atoms with Crippen molar-refractivity contribution in [3.63, 3.8) is 0 Å². The average molecular weight is 434 g/mol. The SMILES string of the molecule is Cc1nc2c(c(N3CCC3)n1)CN(C(=O)OC1CN(c3ccc(C(F)(F)F)cn3)C1)C2. The molecule has 0 unspecified atom stereocenters. The van der Waals surface area contributed by atoms with Crippen LogP contribution in [0.4, 0.5) is 29.6 Å². The Labute approximate surface area is 176 Å². The number of aromatic nitrogens is 3. The molecule has 8 nitrogen and oxygen atoms in total. The summed E-state index contributed by atoms with van der Waals surface area (Å²) in [5.74, 6) is 2.03. The predicted molar refractivity (Wildman–Crippen MR) is 105 cm³/mol. The number of pyridine rings is 1. The predicted octanol–water partition coefficient (Wildman–Crippen LogP) is 2.75. The van der Waals surface area contributed by atoms with E-state index in [1.807, 2.05) is 6.92 Å². The highest BCUT2D eigenvalue weighted by molar-refractivity contribution is 5.70. The average Bonchev–Trinajstić information content (AvgIpc) is 3.06. The van der Waals surface area contributed by atoms with E-state index >= 15 is 0 Å². The van der Waals surface area contributed by atoms with E-state index < -0.39 is 17.8 Å². The van der Waals surface area contributed by atoms with Gasteiger partial charge in [0.2, 0.25) is 0 Å². The third-order valence-electron chi connectivity index (χ3n) is 5.80. The largest absolute Gasteiger partial charge is 0.442 e. The molecule has 0 radical (unpaired) electrons. The van der Waals surface area contributed by atoms with Gasteiger partial charge in [-0.15, -0.1) is 0 Å². The number of aryl methyl sites for hydroxylation is 1. The number of amides is 1. The van der Waals surface area contributed by atoms with E-state index in [1.54, 1.807) is 9.80 Å². The molecule has 5 heterocycles. The van der Waals surface area contributed by atoms with Crippen LogP contribution in [0, 0.1) is 6.92 Å². The summed E-state index contributed by atoms with van der Waals surface area (Å²) in [6.07, 6.45) is -3.22. The van der Waals surface area contributed by atoms with Crippen molar-refractivity contribution >= 4 is 17.7 Å². The fourth-order valence-corrected chi connectivity index (χ4v) is 3.93. The zero-order valence-electron chi connectivity index (χ0n) is 16.9. The van der Waals surface area contributed by atoms with Crippen LogP contribution in [0.1, 0.15) is 29.1 Å². The molecular weight excluding hydrogens is 413 g/mol. The van der Waals surface area contributed by atoms with Gasteiger partial charge >= 0.3 is 12.3 Å². The van der Waals surface area contributed by atoms with Gasteiger partial charge in [-0.2, -0.15) is 13.2 Å². The zero-order valence-corrected chi connectivity index (χ0v) is 16.9. The monoisotopic (exact) mass is 434 g/mol. The fourth-order valence-electron chi connectivity index (χ4n) is 3.93. The highest BCUT2D eigenvalue weighted by atomic mass is 19.4. The first-order valence-corrected chi connectivity index (χ1v) is 10.1. The number of alkyl halides is 3. The van der Waals surface area contributed by atoms with E-state index in [1.165, 1.54) is 6.07 Å². The molecule has 3 aliphatic heterocycles. The van der Waals surface area contributed by atoms with Gasteiger partial charge in [0.15, 0.2) is 0 Å². The van der Waals surface area contributed by atoms with E-state index in [0.29, 0.717) is 37.8 Å². The quantitative estimate of drug-likeness (QED) is 0.735. The van der Waals surface area contributed by atoms with E-state index in [2.05, 4.69) is 19.9 Å². The molecule has 2 saturated heterocycles. The summed E-state index contributed by atoms with van der Waals surface area (Å²) < 4.78 is 43.5. The molecule has 3 aliphatic rings. The van der Waals surface area contributed by atoms with Gasteiger partial charge in [0.1, 0.15) is 23.6 Å². The maximum Gasteiger partial charge on any atom is 0.417 e. The molecule has 0 N–H and O–H groups in total. The lowest BCUT2D eigenvalue weighted by molar-refractivity contribution is -0.137. The summed E-state index contributed by atoms with van der Waals surface area (Å²) in [5, 5.41) is 0. The van der Waals surface area contributed by atoms with Crippen molar-refractivity contribution in [1.82, 2.24) is 19.9 Å². The van der Waals surface area contributed by atoms with Gasteiger partial charge < -0.3 is 14.5 Å². The molecule has 0 bridgehead atoms. The van der Waals surface area contributed by atoms with Crippen LogP contribution in [-0.4, -0.2) is 58.2 Å². The van der Waals surface area contributed by atoms with Gasteiger partial charge in [-0.05, 0) is 25.5 Å². The Bertz CT molecular complexity index is 1000. The second kappa shape index (κ2) is 7.24. The Morgan fingerprint density at radius 2 is 1.90 bits per heavy atom. The van der Waals surface area contributed by atoms with E-state index in [9.17, 15) is 18.0 Å². The first kappa shape index (κ1) is 19.8. The third-order valence-corrected chi connectivity index (χ3v) is 5.80. The minimum atomic E-state index is -4.41. The van der Waals surface area contributed by atoms with Crippen molar-refractivity contribution in [2.75, 3.05) is 36.0 Å². The molecule has 2 aromatic heterocycles. The summed E-state index contributed by atoms with van der Waals surface area (Å²) >= 11 is 0. The maximum atomic E-state index is 12.7. The number of carbonyl (C=O) groups excluding carboxylic acids is 1. The smallest absolute Gasteiger partial charge is 0.417 e. The van der Waals surface area contributed by atoms with Crippen molar-refractivity contribution in [1.29, 1.82) is 0 Å². The highest BCUT2D eigenvalue weighted by Crippen LogP contribution is 2.33. The highest BCUT2D eigenvalue weighted by Gasteiger charge is 2.37. The topological polar surface area (TPSA) is 74.7 Å². The third kappa shape index (κ3) is 3.72. The molecule has 1 amide bonds. The van der Waals surface area contributed by atoms with Crippen LogP contribution in [0.2, 0.25) is 0 Å². The van der Waals surface area contributed by atoms with Crippen LogP contribution in [0.25, 0.3) is 0 Å². The van der Waals surface area contributed by atoms with Crippen LogP contribution in [-0.2, 0) is 24.0 Å². The van der Waals surface area contributed by atoms with E-state index in [-0.39, 0.29) is 6.10 Å². The Kier molecular flexibility index (Phi) is 4.63. The molecule has 5 rings (SSSR count). The van der Waals surface area contributed by atoms with Gasteiger partial charge in [0, 0.05) is 24.8 Å². The van der Waals surface area contributed by atoms with Crippen LogP contribution in [0.5, 0.6) is 0 Å². The van der Waals surface area contributed by atoms with Crippen LogP contribution < -0.4 is 9.80 Å². The van der Waals surface area contributed by atoms with Gasteiger partial charge in [-0.25, -0.2) is 19.7 Å². The van der Waals surface area contributed by atoms with E-state index in [0.717, 1.165) is 48.8 Å². The molecule has 31 heavy (non-hydrogen) atoms. The number of nitrogens with zero attached hydrogens (tertiary/aromatic N) is 6. The first-order valence-electron chi connectivity index (χ1n) is 10.1. The Morgan fingerprint density at radius 1 is 1.13 bits per heavy atom. The summed E-state index contributed by atoms with van der Waals surface area (Å²) in [6, 6.07) is 2.33. The van der Waals surface area contributed by atoms with Gasteiger partial charge in [-0.3, -0.25) is 4.90 Å². The Hall–Kier alpha value is -3.11. The van der Waals surface area contributed by atoms with Crippen molar-refractivity contribution in [3.05, 3.63) is 41.0 Å². The molecule has 0 aromatic carbocycles. The summed E-state index contributed by atoms with van der Waals surface area (Å²) in [5.41, 5.74) is 1.05. The number of halogens is 3. The summed E-state index contributed by atoms with van der Waals surface area (Å²) in [6.45, 7) is 5.35. The number of hydrogen-bond donors (Lipinski definition) is 0. The molecule has 0 saturated carbocycles. The number of anilines is 2. The lowest BCUT2D eigenvalue weighted by Gasteiger charge is -2.39. The van der Waals surface area contributed by atoms with Crippen LogP contribution >= 0.6 is 0 Å². The molecular formula is C20H21F3N6O2. The molecule has 11 heteroatoms. The number of carbonyl (C=O) groups is 1. The number of hydrogen-bond acceptors (Lipinski definition) is 7. The van der Waals surface area contributed by atoms with Crippen molar-refractivity contribution in [3.8, 4) is 0 Å². The molecule has 0 spiro atoms. The number of fused-ring (bicyclic) bond motifs is 1. The second-order valence-corrected chi connectivity index (χ2v) is 8.03. The van der Waals surface area contributed by atoms with Crippen molar-refractivity contribution < 1.29 is 22.7 Å². The van der Waals surface area contributed by atoms with Crippen molar-refractivity contribution in [2.24, 2.45) is 0 Å². The summed E-state index contributed by atoms with van der Waals surface area (Å²) in [4.78, 5) is 31.2. The molecule has 0 aliphatic carbocycles. The maximum absolute atomic E-state index is 12.7. The molecule has 164 valence electrons. The first-order chi connectivity index (χ1) is 14.8. The van der Waals surface area contributed by atoms with E-state index in [4.69, 9.17) is 4.74 Å². The van der Waals surface area contributed by atoms with Crippen molar-refractivity contribution in [2.45, 2.75) is 38.7 Å². The van der Waals surface area contributed by atoms with Gasteiger partial charge in [0.25, 0.3) is 0 Å².